The molecule has 0 aromatic heterocycles. The van der Waals surface area contributed by atoms with Crippen molar-refractivity contribution < 1.29 is 13.2 Å². The highest BCUT2D eigenvalue weighted by atomic mass is 32.2. The zero-order valence-corrected chi connectivity index (χ0v) is 10.8. The summed E-state index contributed by atoms with van der Waals surface area (Å²) in [4.78, 5) is 13.8. The quantitative estimate of drug-likeness (QED) is 0.647. The lowest BCUT2D eigenvalue weighted by Crippen LogP contribution is -2.40. The molecular formula is C11H18N2O3S. The summed E-state index contributed by atoms with van der Waals surface area (Å²) in [6.07, 6.45) is 0.551. The predicted molar refractivity (Wildman–Crippen MR) is 65.4 cm³/mol. The van der Waals surface area contributed by atoms with Crippen LogP contribution in [0.3, 0.4) is 0 Å². The van der Waals surface area contributed by atoms with Gasteiger partial charge < -0.3 is 10.2 Å². The van der Waals surface area contributed by atoms with Gasteiger partial charge in [-0.2, -0.15) is 0 Å². The monoisotopic (exact) mass is 258 g/mol. The van der Waals surface area contributed by atoms with Crippen LogP contribution >= 0.6 is 0 Å². The summed E-state index contributed by atoms with van der Waals surface area (Å²) in [7, 11) is -2.95. The molecule has 0 bridgehead atoms. The zero-order chi connectivity index (χ0) is 12.5. The summed E-state index contributed by atoms with van der Waals surface area (Å²) in [5, 5.41) is 3.10. The van der Waals surface area contributed by atoms with Gasteiger partial charge in [0.25, 0.3) is 0 Å². The molecule has 0 spiro atoms. The number of carbonyl (C=O) groups excluding carboxylic acids is 1. The molecule has 2 fully saturated rings. The lowest BCUT2D eigenvalue weighted by molar-refractivity contribution is -0.126. The number of carbonyl (C=O) groups is 1. The van der Waals surface area contributed by atoms with Gasteiger partial charge in [-0.05, 0) is 18.9 Å². The summed E-state index contributed by atoms with van der Waals surface area (Å²) < 4.78 is 22.9. The Bertz CT molecular complexity index is 447. The molecule has 0 aromatic carbocycles. The van der Waals surface area contributed by atoms with Gasteiger partial charge >= 0.3 is 0 Å². The van der Waals surface area contributed by atoms with Crippen molar-refractivity contribution in [2.45, 2.75) is 13.3 Å². The van der Waals surface area contributed by atoms with Crippen LogP contribution in [0.5, 0.6) is 0 Å². The van der Waals surface area contributed by atoms with Gasteiger partial charge in [-0.1, -0.05) is 0 Å². The molecule has 0 aromatic rings. The molecule has 0 unspecified atom stereocenters. The molecule has 2 rings (SSSR count). The number of rotatable bonds is 1. The highest BCUT2D eigenvalue weighted by Crippen LogP contribution is 2.14. The molecule has 0 radical (unpaired) electrons. The van der Waals surface area contributed by atoms with E-state index in [-0.39, 0.29) is 17.4 Å². The number of hydrogen-bond acceptors (Lipinski definition) is 4. The molecule has 17 heavy (non-hydrogen) atoms. The standard InChI is InChI=1S/C11H18N2O3S/c1-9(10-7-12-8-10)11(14)13-3-2-5-17(15,16)6-4-13/h12H,2-8H2,1H3. The second-order valence-corrected chi connectivity index (χ2v) is 6.93. The Hall–Kier alpha value is -0.880. The van der Waals surface area contributed by atoms with Crippen LogP contribution in [0.1, 0.15) is 13.3 Å². The van der Waals surface area contributed by atoms with Crippen LogP contribution in [0.2, 0.25) is 0 Å². The van der Waals surface area contributed by atoms with Crippen LogP contribution in [0.15, 0.2) is 11.1 Å². The minimum Gasteiger partial charge on any atom is -0.338 e. The maximum absolute atomic E-state index is 12.1. The van der Waals surface area contributed by atoms with Crippen molar-refractivity contribution in [1.82, 2.24) is 10.2 Å². The first-order valence-electron chi connectivity index (χ1n) is 5.89. The van der Waals surface area contributed by atoms with Crippen molar-refractivity contribution in [3.63, 3.8) is 0 Å². The van der Waals surface area contributed by atoms with E-state index >= 15 is 0 Å². The van der Waals surface area contributed by atoms with Gasteiger partial charge in [-0.25, -0.2) is 8.42 Å². The van der Waals surface area contributed by atoms with Gasteiger partial charge in [0, 0.05) is 31.8 Å². The van der Waals surface area contributed by atoms with Crippen molar-refractivity contribution in [3.8, 4) is 0 Å². The van der Waals surface area contributed by atoms with Gasteiger partial charge in [-0.3, -0.25) is 4.79 Å². The third-order valence-electron chi connectivity index (χ3n) is 3.37. The van der Waals surface area contributed by atoms with E-state index < -0.39 is 9.84 Å². The largest absolute Gasteiger partial charge is 0.338 e. The van der Waals surface area contributed by atoms with Gasteiger partial charge in [-0.15, -0.1) is 0 Å². The average Bonchev–Trinajstić information content (AvgIpc) is 2.35. The molecule has 96 valence electrons. The molecule has 1 amide bonds. The number of hydrogen-bond donors (Lipinski definition) is 1. The minimum atomic E-state index is -2.95. The molecule has 0 atom stereocenters. The van der Waals surface area contributed by atoms with Gasteiger partial charge in [0.05, 0.1) is 11.5 Å². The Labute approximate surface area is 102 Å². The molecule has 2 saturated heterocycles. The van der Waals surface area contributed by atoms with Crippen LogP contribution in [-0.2, 0) is 14.6 Å². The molecule has 5 nitrogen and oxygen atoms in total. The van der Waals surface area contributed by atoms with E-state index in [0.29, 0.717) is 19.5 Å². The first kappa shape index (κ1) is 12.6. The van der Waals surface area contributed by atoms with E-state index in [1.165, 1.54) is 0 Å². The normalized spacial score (nSPS) is 23.8. The molecule has 6 heteroatoms. The maximum Gasteiger partial charge on any atom is 0.249 e. The molecule has 1 N–H and O–H groups in total. The lowest BCUT2D eigenvalue weighted by Gasteiger charge is -2.25. The van der Waals surface area contributed by atoms with Gasteiger partial charge in [0.2, 0.25) is 5.91 Å². The van der Waals surface area contributed by atoms with Gasteiger partial charge in [0.1, 0.15) is 0 Å². The first-order valence-corrected chi connectivity index (χ1v) is 7.71. The van der Waals surface area contributed by atoms with Gasteiger partial charge in [0.15, 0.2) is 9.84 Å². The lowest BCUT2D eigenvalue weighted by atomic mass is 10.0. The SMILES string of the molecule is CC(C(=O)N1CCCS(=O)(=O)CC1)=C1CNC1. The first-order chi connectivity index (χ1) is 7.99. The van der Waals surface area contributed by atoms with Crippen LogP contribution < -0.4 is 5.32 Å². The van der Waals surface area contributed by atoms with E-state index in [1.807, 2.05) is 6.92 Å². The van der Waals surface area contributed by atoms with Crippen molar-refractivity contribution >= 4 is 15.7 Å². The summed E-state index contributed by atoms with van der Waals surface area (Å²) in [6, 6.07) is 0. The van der Waals surface area contributed by atoms with Crippen molar-refractivity contribution in [2.24, 2.45) is 0 Å². The van der Waals surface area contributed by atoms with E-state index in [2.05, 4.69) is 5.32 Å². The smallest absolute Gasteiger partial charge is 0.249 e. The fraction of sp³-hybridized carbons (Fsp3) is 0.727. The summed E-state index contributed by atoms with van der Waals surface area (Å²) in [6.45, 7) is 4.28. The number of sulfone groups is 1. The van der Waals surface area contributed by atoms with Crippen molar-refractivity contribution in [2.75, 3.05) is 37.7 Å². The summed E-state index contributed by atoms with van der Waals surface area (Å²) >= 11 is 0. The topological polar surface area (TPSA) is 66.5 Å². The minimum absolute atomic E-state index is 0.00130. The molecule has 0 saturated carbocycles. The maximum atomic E-state index is 12.1. The number of amides is 1. The molecule has 0 aliphatic carbocycles. The summed E-state index contributed by atoms with van der Waals surface area (Å²) in [5.41, 5.74) is 1.92. The number of nitrogens with one attached hydrogen (secondary N) is 1. The predicted octanol–water partition coefficient (Wildman–Crippen LogP) is -0.447. The van der Waals surface area contributed by atoms with Crippen LogP contribution in [0, 0.1) is 0 Å². The highest BCUT2D eigenvalue weighted by Gasteiger charge is 2.25. The van der Waals surface area contributed by atoms with Crippen molar-refractivity contribution in [1.29, 1.82) is 0 Å². The van der Waals surface area contributed by atoms with E-state index in [9.17, 15) is 13.2 Å². The molecule has 2 heterocycles. The Morgan fingerprint density at radius 2 is 1.94 bits per heavy atom. The molecule has 2 aliphatic heterocycles. The fourth-order valence-corrected chi connectivity index (χ4v) is 3.32. The summed E-state index contributed by atoms with van der Waals surface area (Å²) in [5.74, 6) is 0.298. The van der Waals surface area contributed by atoms with Crippen LogP contribution in [-0.4, -0.2) is 56.9 Å². The average molecular weight is 258 g/mol. The van der Waals surface area contributed by atoms with E-state index in [0.717, 1.165) is 24.2 Å². The van der Waals surface area contributed by atoms with Crippen LogP contribution in [0.25, 0.3) is 0 Å². The zero-order valence-electron chi connectivity index (χ0n) is 10.0. The Kier molecular flexibility index (Phi) is 3.53. The fourth-order valence-electron chi connectivity index (χ4n) is 2.05. The number of nitrogens with zero attached hydrogens (tertiary/aromatic N) is 1. The Balaban J connectivity index is 2.05. The Morgan fingerprint density at radius 1 is 1.24 bits per heavy atom. The van der Waals surface area contributed by atoms with Crippen molar-refractivity contribution in [3.05, 3.63) is 11.1 Å². The second kappa shape index (κ2) is 4.78. The third-order valence-corrected chi connectivity index (χ3v) is 5.09. The highest BCUT2D eigenvalue weighted by molar-refractivity contribution is 7.91. The van der Waals surface area contributed by atoms with E-state index in [1.54, 1.807) is 4.90 Å². The Morgan fingerprint density at radius 3 is 2.53 bits per heavy atom. The third kappa shape index (κ3) is 2.87. The van der Waals surface area contributed by atoms with E-state index in [4.69, 9.17) is 0 Å². The van der Waals surface area contributed by atoms with Crippen LogP contribution in [0.4, 0.5) is 0 Å². The molecule has 2 aliphatic rings. The second-order valence-electron chi connectivity index (χ2n) is 4.63. The molecular weight excluding hydrogens is 240 g/mol.